The molecule has 1 rings (SSSR count). The number of hydrogen-bond acceptors (Lipinski definition) is 4. The highest BCUT2D eigenvalue weighted by Gasteiger charge is 2.23. The zero-order valence-corrected chi connectivity index (χ0v) is 8.04. The van der Waals surface area contributed by atoms with Crippen LogP contribution >= 0.6 is 0 Å². The summed E-state index contributed by atoms with van der Waals surface area (Å²) in [5, 5.41) is 3.12. The molecule has 1 fully saturated rings. The Labute approximate surface area is 78.6 Å². The van der Waals surface area contributed by atoms with Gasteiger partial charge in [-0.2, -0.15) is 0 Å². The summed E-state index contributed by atoms with van der Waals surface area (Å²) in [6, 6.07) is 0. The van der Waals surface area contributed by atoms with Crippen molar-refractivity contribution in [1.29, 1.82) is 0 Å². The lowest BCUT2D eigenvalue weighted by Gasteiger charge is -2.08. The monoisotopic (exact) mass is 187 g/mol. The summed E-state index contributed by atoms with van der Waals surface area (Å²) in [5.41, 5.74) is 0. The van der Waals surface area contributed by atoms with Crippen molar-refractivity contribution in [2.45, 2.75) is 13.3 Å². The molecule has 0 spiro atoms. The number of ether oxygens (including phenoxy) is 2. The van der Waals surface area contributed by atoms with E-state index in [1.807, 2.05) is 6.92 Å². The third kappa shape index (κ3) is 3.74. The first kappa shape index (κ1) is 10.5. The van der Waals surface area contributed by atoms with Crippen LogP contribution in [-0.2, 0) is 14.3 Å². The number of carbonyl (C=O) groups is 1. The van der Waals surface area contributed by atoms with Crippen molar-refractivity contribution >= 4 is 5.97 Å². The van der Waals surface area contributed by atoms with Gasteiger partial charge in [-0.25, -0.2) is 0 Å². The summed E-state index contributed by atoms with van der Waals surface area (Å²) < 4.78 is 10.1. The van der Waals surface area contributed by atoms with Gasteiger partial charge in [-0.1, -0.05) is 0 Å². The third-order valence-electron chi connectivity index (χ3n) is 2.07. The Morgan fingerprint density at radius 1 is 1.54 bits per heavy atom. The molecule has 0 aromatic carbocycles. The van der Waals surface area contributed by atoms with Crippen LogP contribution in [-0.4, -0.2) is 38.9 Å². The minimum atomic E-state index is -0.0929. The van der Waals surface area contributed by atoms with E-state index in [-0.39, 0.29) is 11.9 Å². The molecule has 1 atom stereocenters. The first-order valence-corrected chi connectivity index (χ1v) is 4.79. The molecule has 4 nitrogen and oxygen atoms in total. The molecule has 0 saturated carbocycles. The molecule has 0 radical (unpaired) electrons. The Morgan fingerprint density at radius 2 is 2.38 bits per heavy atom. The van der Waals surface area contributed by atoms with Crippen molar-refractivity contribution < 1.29 is 14.3 Å². The minimum absolute atomic E-state index is 0.0571. The van der Waals surface area contributed by atoms with Gasteiger partial charge in [0.1, 0.15) is 6.61 Å². The Morgan fingerprint density at radius 3 is 3.00 bits per heavy atom. The zero-order chi connectivity index (χ0) is 9.52. The second-order valence-electron chi connectivity index (χ2n) is 3.05. The smallest absolute Gasteiger partial charge is 0.310 e. The van der Waals surface area contributed by atoms with Gasteiger partial charge < -0.3 is 14.8 Å². The fourth-order valence-corrected chi connectivity index (χ4v) is 1.32. The fourth-order valence-electron chi connectivity index (χ4n) is 1.32. The van der Waals surface area contributed by atoms with Gasteiger partial charge in [-0.3, -0.25) is 4.79 Å². The summed E-state index contributed by atoms with van der Waals surface area (Å²) in [6.07, 6.45) is 0.896. The maximum atomic E-state index is 11.3. The standard InChI is InChI=1S/C9H17NO3/c1-2-12-5-6-13-9(11)8-3-4-10-7-8/h8,10H,2-7H2,1H3. The molecule has 0 aromatic heterocycles. The minimum Gasteiger partial charge on any atom is -0.463 e. The highest BCUT2D eigenvalue weighted by atomic mass is 16.6. The van der Waals surface area contributed by atoms with Gasteiger partial charge in [0, 0.05) is 13.2 Å². The van der Waals surface area contributed by atoms with Crippen molar-refractivity contribution in [3.63, 3.8) is 0 Å². The van der Waals surface area contributed by atoms with Crippen LogP contribution in [0, 0.1) is 5.92 Å². The molecular formula is C9H17NO3. The SMILES string of the molecule is CCOCCOC(=O)C1CCNC1. The zero-order valence-electron chi connectivity index (χ0n) is 8.04. The van der Waals surface area contributed by atoms with Gasteiger partial charge in [0.25, 0.3) is 0 Å². The lowest BCUT2D eigenvalue weighted by atomic mass is 10.1. The second kappa shape index (κ2) is 5.94. The van der Waals surface area contributed by atoms with E-state index in [0.29, 0.717) is 19.8 Å². The molecule has 1 saturated heterocycles. The van der Waals surface area contributed by atoms with Crippen molar-refractivity contribution in [3.8, 4) is 0 Å². The lowest BCUT2D eigenvalue weighted by molar-refractivity contribution is -0.149. The Bertz CT molecular complexity index is 155. The quantitative estimate of drug-likeness (QED) is 0.492. The highest BCUT2D eigenvalue weighted by Crippen LogP contribution is 2.08. The molecule has 1 N–H and O–H groups in total. The van der Waals surface area contributed by atoms with Gasteiger partial charge in [0.15, 0.2) is 0 Å². The first-order chi connectivity index (χ1) is 6.34. The molecule has 4 heteroatoms. The second-order valence-corrected chi connectivity index (χ2v) is 3.05. The van der Waals surface area contributed by atoms with Crippen molar-refractivity contribution in [2.75, 3.05) is 32.9 Å². The van der Waals surface area contributed by atoms with Crippen LogP contribution in [0.3, 0.4) is 0 Å². The maximum Gasteiger partial charge on any atom is 0.310 e. The normalized spacial score (nSPS) is 21.8. The maximum absolute atomic E-state index is 11.3. The predicted octanol–water partition coefficient (Wildman–Crippen LogP) is 0.176. The summed E-state index contributed by atoms with van der Waals surface area (Å²) in [4.78, 5) is 11.3. The number of nitrogens with one attached hydrogen (secondary N) is 1. The van der Waals surface area contributed by atoms with E-state index in [4.69, 9.17) is 9.47 Å². The molecule has 0 amide bonds. The molecule has 76 valence electrons. The fraction of sp³-hybridized carbons (Fsp3) is 0.889. The number of esters is 1. The third-order valence-corrected chi connectivity index (χ3v) is 2.07. The number of hydrogen-bond donors (Lipinski definition) is 1. The average Bonchev–Trinajstić information content (AvgIpc) is 2.65. The molecule has 1 aliphatic rings. The van der Waals surface area contributed by atoms with Crippen molar-refractivity contribution in [3.05, 3.63) is 0 Å². The van der Waals surface area contributed by atoms with Crippen LogP contribution in [0.2, 0.25) is 0 Å². The first-order valence-electron chi connectivity index (χ1n) is 4.79. The van der Waals surface area contributed by atoms with Crippen LogP contribution < -0.4 is 5.32 Å². The van der Waals surface area contributed by atoms with E-state index in [0.717, 1.165) is 19.5 Å². The van der Waals surface area contributed by atoms with E-state index in [2.05, 4.69) is 5.32 Å². The van der Waals surface area contributed by atoms with Crippen LogP contribution in [0.4, 0.5) is 0 Å². The molecule has 1 aliphatic heterocycles. The molecule has 1 heterocycles. The van der Waals surface area contributed by atoms with Crippen LogP contribution in [0.1, 0.15) is 13.3 Å². The molecule has 13 heavy (non-hydrogen) atoms. The summed E-state index contributed by atoms with van der Waals surface area (Å²) in [7, 11) is 0. The van der Waals surface area contributed by atoms with E-state index >= 15 is 0 Å². The van der Waals surface area contributed by atoms with Crippen LogP contribution in [0.25, 0.3) is 0 Å². The molecule has 0 bridgehead atoms. The predicted molar refractivity (Wildman–Crippen MR) is 48.4 cm³/mol. The molecule has 1 unspecified atom stereocenters. The highest BCUT2D eigenvalue weighted by molar-refractivity contribution is 5.73. The van der Waals surface area contributed by atoms with E-state index in [9.17, 15) is 4.79 Å². The van der Waals surface area contributed by atoms with Crippen LogP contribution in [0.15, 0.2) is 0 Å². The summed E-state index contributed by atoms with van der Waals surface area (Å²) in [5.74, 6) is -0.0358. The Balaban J connectivity index is 2.03. The Kier molecular flexibility index (Phi) is 4.78. The molecular weight excluding hydrogens is 170 g/mol. The summed E-state index contributed by atoms with van der Waals surface area (Å²) >= 11 is 0. The van der Waals surface area contributed by atoms with E-state index < -0.39 is 0 Å². The van der Waals surface area contributed by atoms with Gasteiger partial charge in [0.2, 0.25) is 0 Å². The van der Waals surface area contributed by atoms with Gasteiger partial charge in [0.05, 0.1) is 12.5 Å². The summed E-state index contributed by atoms with van der Waals surface area (Å²) in [6.45, 7) is 5.15. The molecule has 0 aliphatic carbocycles. The number of rotatable bonds is 5. The van der Waals surface area contributed by atoms with Gasteiger partial charge >= 0.3 is 5.97 Å². The van der Waals surface area contributed by atoms with Crippen molar-refractivity contribution in [2.24, 2.45) is 5.92 Å². The Hall–Kier alpha value is -0.610. The lowest BCUT2D eigenvalue weighted by Crippen LogP contribution is -2.21. The van der Waals surface area contributed by atoms with Crippen molar-refractivity contribution in [1.82, 2.24) is 5.32 Å². The largest absolute Gasteiger partial charge is 0.463 e. The van der Waals surface area contributed by atoms with Gasteiger partial charge in [-0.15, -0.1) is 0 Å². The number of carbonyl (C=O) groups excluding carboxylic acids is 1. The molecule has 0 aromatic rings. The van der Waals surface area contributed by atoms with Crippen LogP contribution in [0.5, 0.6) is 0 Å². The van der Waals surface area contributed by atoms with E-state index in [1.165, 1.54) is 0 Å². The average molecular weight is 187 g/mol. The topological polar surface area (TPSA) is 47.6 Å². The van der Waals surface area contributed by atoms with E-state index in [1.54, 1.807) is 0 Å². The van der Waals surface area contributed by atoms with Gasteiger partial charge in [-0.05, 0) is 19.9 Å².